The SMILES string of the molecule is O=C(c1cccc(NCC2CCC2)c1)N1CCCC(O)C1. The zero-order chi connectivity index (χ0) is 14.7. The van der Waals surface area contributed by atoms with E-state index in [9.17, 15) is 9.90 Å². The lowest BCUT2D eigenvalue weighted by Crippen LogP contribution is -2.42. The first-order valence-electron chi connectivity index (χ1n) is 8.03. The van der Waals surface area contributed by atoms with Crippen LogP contribution in [0.25, 0.3) is 0 Å². The van der Waals surface area contributed by atoms with Crippen molar-refractivity contribution in [3.05, 3.63) is 29.8 Å². The van der Waals surface area contributed by atoms with Gasteiger partial charge in [0.05, 0.1) is 6.10 Å². The Hall–Kier alpha value is -1.55. The van der Waals surface area contributed by atoms with Crippen molar-refractivity contribution in [1.82, 2.24) is 4.90 Å². The summed E-state index contributed by atoms with van der Waals surface area (Å²) in [5, 5.41) is 13.1. The number of carbonyl (C=O) groups is 1. The third-order valence-corrected chi connectivity index (χ3v) is 4.61. The van der Waals surface area contributed by atoms with E-state index in [0.717, 1.165) is 37.5 Å². The second kappa shape index (κ2) is 6.48. The van der Waals surface area contributed by atoms with E-state index in [2.05, 4.69) is 5.32 Å². The molecule has 21 heavy (non-hydrogen) atoms. The molecule has 1 aromatic rings. The Morgan fingerprint density at radius 2 is 2.14 bits per heavy atom. The highest BCUT2D eigenvalue weighted by molar-refractivity contribution is 5.95. The number of hydrogen-bond acceptors (Lipinski definition) is 3. The number of likely N-dealkylation sites (tertiary alicyclic amines) is 1. The number of carbonyl (C=O) groups excluding carboxylic acids is 1. The number of hydrogen-bond donors (Lipinski definition) is 2. The maximum absolute atomic E-state index is 12.5. The molecule has 2 N–H and O–H groups in total. The largest absolute Gasteiger partial charge is 0.391 e. The first-order chi connectivity index (χ1) is 10.2. The highest BCUT2D eigenvalue weighted by atomic mass is 16.3. The number of amides is 1. The van der Waals surface area contributed by atoms with Gasteiger partial charge < -0.3 is 15.3 Å². The Bertz CT molecular complexity index is 499. The van der Waals surface area contributed by atoms with Crippen LogP contribution in [0.3, 0.4) is 0 Å². The first-order valence-corrected chi connectivity index (χ1v) is 8.03. The monoisotopic (exact) mass is 288 g/mol. The highest BCUT2D eigenvalue weighted by Crippen LogP contribution is 2.26. The number of benzene rings is 1. The number of aliphatic hydroxyl groups excluding tert-OH is 1. The molecule has 1 atom stereocenters. The zero-order valence-corrected chi connectivity index (χ0v) is 12.4. The molecular formula is C17H24N2O2. The van der Waals surface area contributed by atoms with E-state index < -0.39 is 0 Å². The van der Waals surface area contributed by atoms with Crippen LogP contribution in [0.5, 0.6) is 0 Å². The van der Waals surface area contributed by atoms with Crippen LogP contribution >= 0.6 is 0 Å². The lowest BCUT2D eigenvalue weighted by Gasteiger charge is -2.30. The van der Waals surface area contributed by atoms with Gasteiger partial charge in [0.2, 0.25) is 0 Å². The highest BCUT2D eigenvalue weighted by Gasteiger charge is 2.23. The van der Waals surface area contributed by atoms with Gasteiger partial charge in [-0.2, -0.15) is 0 Å². The molecule has 4 nitrogen and oxygen atoms in total. The maximum Gasteiger partial charge on any atom is 0.254 e. The number of β-amino-alcohol motifs (C(OH)–C–C–N with tert-alkyl or cyclic N) is 1. The molecule has 1 aliphatic heterocycles. The van der Waals surface area contributed by atoms with Crippen LogP contribution in [0.4, 0.5) is 5.69 Å². The van der Waals surface area contributed by atoms with Gasteiger partial charge in [0, 0.05) is 30.9 Å². The third-order valence-electron chi connectivity index (χ3n) is 4.61. The van der Waals surface area contributed by atoms with Gasteiger partial charge in [-0.1, -0.05) is 12.5 Å². The van der Waals surface area contributed by atoms with E-state index in [1.807, 2.05) is 24.3 Å². The molecule has 0 bridgehead atoms. The lowest BCUT2D eigenvalue weighted by molar-refractivity contribution is 0.0474. The zero-order valence-electron chi connectivity index (χ0n) is 12.4. The van der Waals surface area contributed by atoms with Crippen LogP contribution in [0.2, 0.25) is 0 Å². The molecular weight excluding hydrogens is 264 g/mol. The van der Waals surface area contributed by atoms with Crippen LogP contribution in [0.1, 0.15) is 42.5 Å². The Morgan fingerprint density at radius 3 is 2.86 bits per heavy atom. The fraction of sp³-hybridized carbons (Fsp3) is 0.588. The van der Waals surface area contributed by atoms with E-state index in [4.69, 9.17) is 0 Å². The normalized spacial score (nSPS) is 22.7. The number of aliphatic hydroxyl groups is 1. The van der Waals surface area contributed by atoms with Gasteiger partial charge in [-0.15, -0.1) is 0 Å². The van der Waals surface area contributed by atoms with Crippen LogP contribution in [0, 0.1) is 5.92 Å². The second-order valence-electron chi connectivity index (χ2n) is 6.31. The summed E-state index contributed by atoms with van der Waals surface area (Å²) in [7, 11) is 0. The van der Waals surface area contributed by atoms with Crippen molar-refractivity contribution in [2.45, 2.75) is 38.2 Å². The summed E-state index contributed by atoms with van der Waals surface area (Å²) in [5.74, 6) is 0.822. The van der Waals surface area contributed by atoms with Crippen molar-refractivity contribution < 1.29 is 9.90 Å². The molecule has 1 saturated carbocycles. The van der Waals surface area contributed by atoms with E-state index in [0.29, 0.717) is 12.1 Å². The summed E-state index contributed by atoms with van der Waals surface area (Å²) >= 11 is 0. The Morgan fingerprint density at radius 1 is 1.29 bits per heavy atom. The van der Waals surface area contributed by atoms with Gasteiger partial charge in [-0.25, -0.2) is 0 Å². The number of anilines is 1. The van der Waals surface area contributed by atoms with Crippen molar-refractivity contribution in [1.29, 1.82) is 0 Å². The smallest absolute Gasteiger partial charge is 0.254 e. The Balaban J connectivity index is 1.62. The van der Waals surface area contributed by atoms with Crippen molar-refractivity contribution in [2.75, 3.05) is 25.0 Å². The average molecular weight is 288 g/mol. The minimum Gasteiger partial charge on any atom is -0.391 e. The summed E-state index contributed by atoms with van der Waals surface area (Å²) in [6.45, 7) is 2.20. The van der Waals surface area contributed by atoms with E-state index in [-0.39, 0.29) is 12.0 Å². The molecule has 1 aliphatic carbocycles. The van der Waals surface area contributed by atoms with Gasteiger partial charge in [0.25, 0.3) is 5.91 Å². The average Bonchev–Trinajstić information content (AvgIpc) is 2.45. The number of piperidine rings is 1. The fourth-order valence-corrected chi connectivity index (χ4v) is 3.04. The van der Waals surface area contributed by atoms with Crippen molar-refractivity contribution in [2.24, 2.45) is 5.92 Å². The number of rotatable bonds is 4. The standard InChI is InChI=1S/C17H24N2O2/c20-16-8-3-9-19(12-16)17(21)14-6-2-7-15(10-14)18-11-13-4-1-5-13/h2,6-7,10,13,16,18,20H,1,3-5,8-9,11-12H2. The van der Waals surface area contributed by atoms with Gasteiger partial charge >= 0.3 is 0 Å². The fourth-order valence-electron chi connectivity index (χ4n) is 3.04. The number of nitrogens with one attached hydrogen (secondary N) is 1. The second-order valence-corrected chi connectivity index (χ2v) is 6.31. The molecule has 4 heteroatoms. The van der Waals surface area contributed by atoms with E-state index in [1.165, 1.54) is 19.3 Å². The van der Waals surface area contributed by atoms with Crippen molar-refractivity contribution in [3.63, 3.8) is 0 Å². The lowest BCUT2D eigenvalue weighted by atomic mass is 9.85. The molecule has 2 aliphatic rings. The number of nitrogens with zero attached hydrogens (tertiary/aromatic N) is 1. The molecule has 114 valence electrons. The molecule has 0 aromatic heterocycles. The van der Waals surface area contributed by atoms with Crippen LogP contribution < -0.4 is 5.32 Å². The predicted molar refractivity (Wildman–Crippen MR) is 83.4 cm³/mol. The molecule has 1 saturated heterocycles. The van der Waals surface area contributed by atoms with E-state index in [1.54, 1.807) is 4.90 Å². The molecule has 1 aromatic carbocycles. The molecule has 3 rings (SSSR count). The van der Waals surface area contributed by atoms with Gasteiger partial charge in [-0.05, 0) is 49.8 Å². The minimum absolute atomic E-state index is 0.0287. The summed E-state index contributed by atoms with van der Waals surface area (Å²) in [5.41, 5.74) is 1.73. The van der Waals surface area contributed by atoms with Crippen LogP contribution in [-0.4, -0.2) is 41.7 Å². The molecule has 1 heterocycles. The minimum atomic E-state index is -0.373. The van der Waals surface area contributed by atoms with Crippen LogP contribution in [0.15, 0.2) is 24.3 Å². The molecule has 1 amide bonds. The van der Waals surface area contributed by atoms with E-state index >= 15 is 0 Å². The molecule has 0 radical (unpaired) electrons. The Labute approximate surface area is 126 Å². The van der Waals surface area contributed by atoms with Crippen LogP contribution in [-0.2, 0) is 0 Å². The van der Waals surface area contributed by atoms with Gasteiger partial charge in [0.15, 0.2) is 0 Å². The topological polar surface area (TPSA) is 52.6 Å². The van der Waals surface area contributed by atoms with Crippen molar-refractivity contribution >= 4 is 11.6 Å². The molecule has 0 spiro atoms. The summed E-state index contributed by atoms with van der Waals surface area (Å²) in [4.78, 5) is 14.3. The molecule has 2 fully saturated rings. The summed E-state index contributed by atoms with van der Waals surface area (Å²) < 4.78 is 0. The first kappa shape index (κ1) is 14.4. The third kappa shape index (κ3) is 3.56. The maximum atomic E-state index is 12.5. The van der Waals surface area contributed by atoms with Gasteiger partial charge in [0.1, 0.15) is 0 Å². The van der Waals surface area contributed by atoms with Crippen molar-refractivity contribution in [3.8, 4) is 0 Å². The predicted octanol–water partition coefficient (Wildman–Crippen LogP) is 2.50. The summed E-state index contributed by atoms with van der Waals surface area (Å²) in [6.07, 6.45) is 5.29. The van der Waals surface area contributed by atoms with Gasteiger partial charge in [-0.3, -0.25) is 4.79 Å². The molecule has 1 unspecified atom stereocenters. The quantitative estimate of drug-likeness (QED) is 0.895. The summed E-state index contributed by atoms with van der Waals surface area (Å²) in [6, 6.07) is 7.73. The Kier molecular flexibility index (Phi) is 4.44.